The van der Waals surface area contributed by atoms with Gasteiger partial charge >= 0.3 is 0 Å². The molecule has 0 heterocycles. The number of rotatable bonds is 3. The van der Waals surface area contributed by atoms with Gasteiger partial charge in [0.1, 0.15) is 0 Å². The first-order valence-electron chi connectivity index (χ1n) is 5.04. The van der Waals surface area contributed by atoms with Crippen molar-refractivity contribution in [3.63, 3.8) is 0 Å². The van der Waals surface area contributed by atoms with E-state index in [9.17, 15) is 10.1 Å². The van der Waals surface area contributed by atoms with Crippen LogP contribution in [0.2, 0.25) is 0 Å². The van der Waals surface area contributed by atoms with Crippen molar-refractivity contribution < 1.29 is 4.92 Å². The summed E-state index contributed by atoms with van der Waals surface area (Å²) < 4.78 is 0. The molecule has 0 fully saturated rings. The second kappa shape index (κ2) is 5.46. The van der Waals surface area contributed by atoms with Gasteiger partial charge in [-0.25, -0.2) is 0 Å². The van der Waals surface area contributed by atoms with Crippen LogP contribution in [0.25, 0.3) is 5.03 Å². The Morgan fingerprint density at radius 2 is 2.18 bits per heavy atom. The minimum atomic E-state index is -0.474. The summed E-state index contributed by atoms with van der Waals surface area (Å²) in [5.74, 6) is 0. The molecule has 0 amide bonds. The number of nitrogens with zero attached hydrogens (tertiary/aromatic N) is 2. The van der Waals surface area contributed by atoms with E-state index >= 15 is 0 Å². The SMILES string of the molecule is CC/C(C#N)=C(/Cl)c1cc(C)cc([N+](=O)[O-])c1. The Hall–Kier alpha value is -1.86. The van der Waals surface area contributed by atoms with Crippen LogP contribution < -0.4 is 0 Å². The van der Waals surface area contributed by atoms with Gasteiger partial charge in [-0.1, -0.05) is 24.6 Å². The number of benzene rings is 1. The lowest BCUT2D eigenvalue weighted by atomic mass is 10.1. The molecular formula is C12H11ClN2O2. The van der Waals surface area contributed by atoms with E-state index in [0.717, 1.165) is 5.56 Å². The highest BCUT2D eigenvalue weighted by molar-refractivity contribution is 6.49. The molecule has 0 radical (unpaired) electrons. The summed E-state index contributed by atoms with van der Waals surface area (Å²) in [4.78, 5) is 10.2. The van der Waals surface area contributed by atoms with Crippen LogP contribution in [0.15, 0.2) is 23.8 Å². The van der Waals surface area contributed by atoms with Crippen molar-refractivity contribution >= 4 is 22.3 Å². The highest BCUT2D eigenvalue weighted by Gasteiger charge is 2.12. The largest absolute Gasteiger partial charge is 0.270 e. The molecular weight excluding hydrogens is 240 g/mol. The number of halogens is 1. The van der Waals surface area contributed by atoms with Gasteiger partial charge in [0.25, 0.3) is 5.69 Å². The van der Waals surface area contributed by atoms with E-state index in [0.29, 0.717) is 17.6 Å². The molecule has 88 valence electrons. The Labute approximate surface area is 104 Å². The summed E-state index contributed by atoms with van der Waals surface area (Å²) in [6.45, 7) is 3.56. The quantitative estimate of drug-likeness (QED) is 0.466. The smallest absolute Gasteiger partial charge is 0.258 e. The van der Waals surface area contributed by atoms with Crippen LogP contribution >= 0.6 is 11.6 Å². The van der Waals surface area contributed by atoms with Gasteiger partial charge in [-0.3, -0.25) is 10.1 Å². The Morgan fingerprint density at radius 3 is 2.65 bits per heavy atom. The second-order valence-electron chi connectivity index (χ2n) is 3.57. The summed E-state index contributed by atoms with van der Waals surface area (Å²) in [6, 6.07) is 6.56. The van der Waals surface area contributed by atoms with Crippen LogP contribution in [-0.4, -0.2) is 4.92 Å². The number of nitro benzene ring substituents is 1. The lowest BCUT2D eigenvalue weighted by molar-refractivity contribution is -0.384. The van der Waals surface area contributed by atoms with Gasteiger partial charge in [-0.2, -0.15) is 5.26 Å². The first-order chi connectivity index (χ1) is 7.99. The molecule has 0 spiro atoms. The van der Waals surface area contributed by atoms with Crippen molar-refractivity contribution in [2.75, 3.05) is 0 Å². The summed E-state index contributed by atoms with van der Waals surface area (Å²) in [7, 11) is 0. The van der Waals surface area contributed by atoms with Gasteiger partial charge in [0, 0.05) is 23.3 Å². The molecule has 0 aliphatic rings. The Kier molecular flexibility index (Phi) is 4.24. The highest BCUT2D eigenvalue weighted by atomic mass is 35.5. The molecule has 0 aliphatic heterocycles. The van der Waals surface area contributed by atoms with E-state index in [1.807, 2.05) is 13.0 Å². The highest BCUT2D eigenvalue weighted by Crippen LogP contribution is 2.28. The average molecular weight is 251 g/mol. The van der Waals surface area contributed by atoms with Gasteiger partial charge < -0.3 is 0 Å². The lowest BCUT2D eigenvalue weighted by Crippen LogP contribution is -1.92. The van der Waals surface area contributed by atoms with Gasteiger partial charge in [0.2, 0.25) is 0 Å². The second-order valence-corrected chi connectivity index (χ2v) is 3.95. The molecule has 0 N–H and O–H groups in total. The van der Waals surface area contributed by atoms with E-state index in [1.54, 1.807) is 13.0 Å². The standard InChI is InChI=1S/C12H11ClN2O2/c1-3-9(7-14)12(13)10-4-8(2)5-11(6-10)15(16)17/h4-6H,3H2,1-2H3/b12-9-. The predicted octanol–water partition coefficient (Wildman–Crippen LogP) is 3.79. The monoisotopic (exact) mass is 250 g/mol. The molecule has 0 aromatic heterocycles. The van der Waals surface area contributed by atoms with Crippen molar-refractivity contribution in [1.82, 2.24) is 0 Å². The third-order valence-electron chi connectivity index (χ3n) is 2.28. The van der Waals surface area contributed by atoms with E-state index in [4.69, 9.17) is 16.9 Å². The predicted molar refractivity (Wildman–Crippen MR) is 66.5 cm³/mol. The molecule has 0 saturated heterocycles. The van der Waals surface area contributed by atoms with Crippen molar-refractivity contribution in [2.45, 2.75) is 20.3 Å². The maximum Gasteiger partial charge on any atom is 0.270 e. The molecule has 5 heteroatoms. The van der Waals surface area contributed by atoms with Gasteiger partial charge in [0.15, 0.2) is 0 Å². The third kappa shape index (κ3) is 3.05. The minimum Gasteiger partial charge on any atom is -0.258 e. The Morgan fingerprint density at radius 1 is 1.53 bits per heavy atom. The number of nitro groups is 1. The van der Waals surface area contributed by atoms with Crippen LogP contribution in [0.5, 0.6) is 0 Å². The molecule has 0 bridgehead atoms. The molecule has 17 heavy (non-hydrogen) atoms. The fourth-order valence-corrected chi connectivity index (χ4v) is 1.74. The molecule has 0 aliphatic carbocycles. The Bertz CT molecular complexity index is 530. The zero-order valence-corrected chi connectivity index (χ0v) is 10.3. The van der Waals surface area contributed by atoms with Gasteiger partial charge in [-0.15, -0.1) is 0 Å². The van der Waals surface area contributed by atoms with E-state index < -0.39 is 4.92 Å². The normalized spacial score (nSPS) is 11.6. The summed E-state index contributed by atoms with van der Waals surface area (Å²) in [5, 5.41) is 19.9. The maximum absolute atomic E-state index is 10.7. The molecule has 0 atom stereocenters. The first-order valence-corrected chi connectivity index (χ1v) is 5.42. The zero-order chi connectivity index (χ0) is 13.0. The number of non-ortho nitro benzene ring substituents is 1. The fourth-order valence-electron chi connectivity index (χ4n) is 1.45. The van der Waals surface area contributed by atoms with Gasteiger partial charge in [-0.05, 0) is 18.9 Å². The van der Waals surface area contributed by atoms with Crippen LogP contribution in [-0.2, 0) is 0 Å². The van der Waals surface area contributed by atoms with Crippen LogP contribution in [0.1, 0.15) is 24.5 Å². The topological polar surface area (TPSA) is 66.9 Å². The van der Waals surface area contributed by atoms with E-state index in [-0.39, 0.29) is 10.7 Å². The third-order valence-corrected chi connectivity index (χ3v) is 2.73. The molecule has 4 nitrogen and oxygen atoms in total. The summed E-state index contributed by atoms with van der Waals surface area (Å²) >= 11 is 6.06. The van der Waals surface area contributed by atoms with Crippen LogP contribution in [0.3, 0.4) is 0 Å². The molecule has 1 aromatic carbocycles. The van der Waals surface area contributed by atoms with Crippen LogP contribution in [0, 0.1) is 28.4 Å². The minimum absolute atomic E-state index is 0.0217. The van der Waals surface area contributed by atoms with Crippen molar-refractivity contribution in [3.8, 4) is 6.07 Å². The summed E-state index contributed by atoms with van der Waals surface area (Å²) in [6.07, 6.45) is 0.497. The Balaban J connectivity index is 3.38. The van der Waals surface area contributed by atoms with Crippen LogP contribution in [0.4, 0.5) is 5.69 Å². The number of allylic oxidation sites excluding steroid dienone is 1. The van der Waals surface area contributed by atoms with Crippen molar-refractivity contribution in [2.24, 2.45) is 0 Å². The van der Waals surface area contributed by atoms with E-state index in [2.05, 4.69) is 0 Å². The first kappa shape index (κ1) is 13.2. The number of hydrogen-bond acceptors (Lipinski definition) is 3. The molecule has 0 saturated carbocycles. The average Bonchev–Trinajstić information content (AvgIpc) is 2.29. The van der Waals surface area contributed by atoms with Crippen molar-refractivity contribution in [3.05, 3.63) is 45.0 Å². The van der Waals surface area contributed by atoms with Crippen molar-refractivity contribution in [1.29, 1.82) is 5.26 Å². The number of hydrogen-bond donors (Lipinski definition) is 0. The zero-order valence-electron chi connectivity index (χ0n) is 9.53. The van der Waals surface area contributed by atoms with E-state index in [1.165, 1.54) is 12.1 Å². The summed E-state index contributed by atoms with van der Waals surface area (Å²) in [5.41, 5.74) is 1.65. The van der Waals surface area contributed by atoms with Gasteiger partial charge in [0.05, 0.1) is 16.0 Å². The maximum atomic E-state index is 10.7. The molecule has 1 aromatic rings. The number of nitriles is 1. The fraction of sp³-hybridized carbons (Fsp3) is 0.250. The molecule has 0 unspecified atom stereocenters. The number of aryl methyl sites for hydroxylation is 1. The molecule has 1 rings (SSSR count). The lowest BCUT2D eigenvalue weighted by Gasteiger charge is -2.04.